The summed E-state index contributed by atoms with van der Waals surface area (Å²) in [5, 5.41) is 5.84. The first-order chi connectivity index (χ1) is 13.0. The van der Waals surface area contributed by atoms with Crippen molar-refractivity contribution in [2.75, 3.05) is 5.32 Å². The van der Waals surface area contributed by atoms with Crippen LogP contribution in [0, 0.1) is 5.92 Å². The Morgan fingerprint density at radius 2 is 1.76 bits per heavy atom. The monoisotopic (exact) mass is 438 g/mol. The smallest absolute Gasteiger partial charge is 0.255 e. The lowest BCUT2D eigenvalue weighted by Crippen LogP contribution is -2.52. The number of nitrogens with two attached hydrogens (primary N) is 1. The normalized spacial score (nSPS) is 20.6. The van der Waals surface area contributed by atoms with Gasteiger partial charge in [-0.1, -0.05) is 25.0 Å². The second kappa shape index (κ2) is 11.1. The quantitative estimate of drug-likeness (QED) is 0.662. The van der Waals surface area contributed by atoms with Crippen molar-refractivity contribution in [2.24, 2.45) is 11.7 Å². The van der Waals surface area contributed by atoms with Gasteiger partial charge in [0.05, 0.1) is 5.92 Å². The Balaban J connectivity index is 0.00000210. The molecule has 0 radical (unpaired) electrons. The molecule has 1 fully saturated rings. The molecule has 2 aromatic rings. The second-order valence-electron chi connectivity index (χ2n) is 7.41. The molecule has 2 amide bonds. The van der Waals surface area contributed by atoms with Crippen LogP contribution in [-0.4, -0.2) is 22.3 Å². The van der Waals surface area contributed by atoms with Crippen molar-refractivity contribution < 1.29 is 9.59 Å². The maximum Gasteiger partial charge on any atom is 0.255 e. The molecule has 0 bridgehead atoms. The molecule has 1 aliphatic carbocycles. The molecule has 2 atom stereocenters. The van der Waals surface area contributed by atoms with Crippen molar-refractivity contribution >= 4 is 42.3 Å². The largest absolute Gasteiger partial charge is 0.352 e. The summed E-state index contributed by atoms with van der Waals surface area (Å²) < 4.78 is 0. The molecule has 8 heteroatoms. The minimum atomic E-state index is -0.427. The molecule has 1 aromatic heterocycles. The molecule has 1 saturated carbocycles. The summed E-state index contributed by atoms with van der Waals surface area (Å²) in [6.45, 7) is 2.42. The van der Waals surface area contributed by atoms with Gasteiger partial charge in [-0.15, -0.1) is 24.8 Å². The molecule has 6 nitrogen and oxygen atoms in total. The summed E-state index contributed by atoms with van der Waals surface area (Å²) in [7, 11) is 0. The number of hydrogen-bond donors (Lipinski definition) is 3. The van der Waals surface area contributed by atoms with E-state index in [1.165, 1.54) is 0 Å². The Morgan fingerprint density at radius 1 is 1.10 bits per heavy atom. The number of rotatable bonds is 5. The molecule has 0 saturated heterocycles. The van der Waals surface area contributed by atoms with Gasteiger partial charge < -0.3 is 16.4 Å². The third kappa shape index (κ3) is 6.70. The highest BCUT2D eigenvalue weighted by Gasteiger charge is 2.37. The van der Waals surface area contributed by atoms with Crippen LogP contribution in [0.5, 0.6) is 0 Å². The summed E-state index contributed by atoms with van der Waals surface area (Å²) in [4.78, 5) is 28.5. The zero-order valence-electron chi connectivity index (χ0n) is 16.4. The van der Waals surface area contributed by atoms with Gasteiger partial charge in [0, 0.05) is 35.7 Å². The van der Waals surface area contributed by atoms with Crippen molar-refractivity contribution in [3.8, 4) is 0 Å². The Labute approximate surface area is 183 Å². The predicted octanol–water partition coefficient (Wildman–Crippen LogP) is 3.70. The van der Waals surface area contributed by atoms with Crippen molar-refractivity contribution in [3.05, 3.63) is 59.9 Å². The van der Waals surface area contributed by atoms with E-state index in [2.05, 4.69) is 15.6 Å². The number of nitrogens with zero attached hydrogens (tertiary/aromatic N) is 1. The SMILES string of the molecule is CC1(N)CCCCC1C(=O)NCc1ccc(NC(=O)c2ccncc2)cc1.Cl.Cl. The zero-order valence-corrected chi connectivity index (χ0v) is 18.0. The maximum absolute atomic E-state index is 12.5. The van der Waals surface area contributed by atoms with E-state index in [0.29, 0.717) is 17.8 Å². The Bertz CT molecular complexity index is 798. The number of halogens is 2. The third-order valence-corrected chi connectivity index (χ3v) is 5.19. The molecule has 3 rings (SSSR count). The zero-order chi connectivity index (χ0) is 19.3. The summed E-state index contributed by atoms with van der Waals surface area (Å²) in [6.07, 6.45) is 7.04. The molecular formula is C21H28Cl2N4O2. The molecule has 0 spiro atoms. The molecule has 4 N–H and O–H groups in total. The molecule has 0 aliphatic heterocycles. The van der Waals surface area contributed by atoms with Gasteiger partial charge in [0.2, 0.25) is 5.91 Å². The number of nitrogens with one attached hydrogen (secondary N) is 2. The second-order valence-corrected chi connectivity index (χ2v) is 7.41. The number of anilines is 1. The number of hydrogen-bond acceptors (Lipinski definition) is 4. The number of amides is 2. The molecular weight excluding hydrogens is 411 g/mol. The molecule has 158 valence electrons. The Hall–Kier alpha value is -2.15. The van der Waals surface area contributed by atoms with E-state index in [1.54, 1.807) is 24.5 Å². The Morgan fingerprint density at radius 3 is 2.38 bits per heavy atom. The van der Waals surface area contributed by atoms with E-state index in [-0.39, 0.29) is 42.5 Å². The van der Waals surface area contributed by atoms with Crippen LogP contribution >= 0.6 is 24.8 Å². The van der Waals surface area contributed by atoms with Gasteiger partial charge in [-0.2, -0.15) is 0 Å². The highest BCUT2D eigenvalue weighted by Crippen LogP contribution is 2.31. The molecule has 1 aromatic carbocycles. The highest BCUT2D eigenvalue weighted by molar-refractivity contribution is 6.04. The summed E-state index contributed by atoms with van der Waals surface area (Å²) in [5.74, 6) is -0.294. The number of carbonyl (C=O) groups is 2. The van der Waals surface area contributed by atoms with E-state index >= 15 is 0 Å². The van der Waals surface area contributed by atoms with Crippen molar-refractivity contribution in [3.63, 3.8) is 0 Å². The third-order valence-electron chi connectivity index (χ3n) is 5.19. The van der Waals surface area contributed by atoms with Crippen LogP contribution in [0.15, 0.2) is 48.8 Å². The van der Waals surface area contributed by atoms with E-state index in [0.717, 1.165) is 31.2 Å². The lowest BCUT2D eigenvalue weighted by Gasteiger charge is -2.37. The minimum Gasteiger partial charge on any atom is -0.352 e. The summed E-state index contributed by atoms with van der Waals surface area (Å²) in [5.41, 5.74) is 8.10. The fraction of sp³-hybridized carbons (Fsp3) is 0.381. The van der Waals surface area contributed by atoms with Gasteiger partial charge in [0.15, 0.2) is 0 Å². The van der Waals surface area contributed by atoms with Crippen LogP contribution in [0.4, 0.5) is 5.69 Å². The molecule has 29 heavy (non-hydrogen) atoms. The van der Waals surface area contributed by atoms with E-state index < -0.39 is 5.54 Å². The highest BCUT2D eigenvalue weighted by atomic mass is 35.5. The van der Waals surface area contributed by atoms with Gasteiger partial charge in [-0.05, 0) is 49.6 Å². The van der Waals surface area contributed by atoms with Gasteiger partial charge >= 0.3 is 0 Å². The van der Waals surface area contributed by atoms with Crippen LogP contribution in [0.2, 0.25) is 0 Å². The molecule has 2 unspecified atom stereocenters. The predicted molar refractivity (Wildman–Crippen MR) is 120 cm³/mol. The number of carbonyl (C=O) groups excluding carboxylic acids is 2. The minimum absolute atomic E-state index is 0. The maximum atomic E-state index is 12.5. The fourth-order valence-corrected chi connectivity index (χ4v) is 3.51. The average molecular weight is 439 g/mol. The van der Waals surface area contributed by atoms with Crippen LogP contribution in [0.25, 0.3) is 0 Å². The van der Waals surface area contributed by atoms with Gasteiger partial charge in [-0.25, -0.2) is 0 Å². The lowest BCUT2D eigenvalue weighted by atomic mass is 9.74. The number of pyridine rings is 1. The first-order valence-corrected chi connectivity index (χ1v) is 9.32. The summed E-state index contributed by atoms with van der Waals surface area (Å²) >= 11 is 0. The standard InChI is InChI=1S/C21H26N4O2.2ClH/c1-21(22)11-3-2-4-18(21)20(27)24-14-15-5-7-17(8-6-15)25-19(26)16-9-12-23-13-10-16;;/h5-10,12-13,18H,2-4,11,14,22H2,1H3,(H,24,27)(H,25,26);2*1H. The van der Waals surface area contributed by atoms with Crippen LogP contribution in [0.3, 0.4) is 0 Å². The van der Waals surface area contributed by atoms with Gasteiger partial charge in [-0.3, -0.25) is 14.6 Å². The van der Waals surface area contributed by atoms with E-state index in [9.17, 15) is 9.59 Å². The average Bonchev–Trinajstić information content (AvgIpc) is 2.67. The summed E-state index contributed by atoms with van der Waals surface area (Å²) in [6, 6.07) is 10.8. The topological polar surface area (TPSA) is 97.1 Å². The Kier molecular flexibility index (Phi) is 9.56. The first kappa shape index (κ1) is 24.9. The fourth-order valence-electron chi connectivity index (χ4n) is 3.51. The number of aromatic nitrogens is 1. The van der Waals surface area contributed by atoms with Crippen molar-refractivity contribution in [1.82, 2.24) is 10.3 Å². The van der Waals surface area contributed by atoms with Gasteiger partial charge in [0.1, 0.15) is 0 Å². The lowest BCUT2D eigenvalue weighted by molar-refractivity contribution is -0.128. The van der Waals surface area contributed by atoms with Crippen LogP contribution < -0.4 is 16.4 Å². The number of benzene rings is 1. The van der Waals surface area contributed by atoms with E-state index in [1.807, 2.05) is 31.2 Å². The van der Waals surface area contributed by atoms with Crippen molar-refractivity contribution in [1.29, 1.82) is 0 Å². The van der Waals surface area contributed by atoms with E-state index in [4.69, 9.17) is 5.73 Å². The molecule has 1 aliphatic rings. The first-order valence-electron chi connectivity index (χ1n) is 9.32. The van der Waals surface area contributed by atoms with Crippen LogP contribution in [-0.2, 0) is 11.3 Å². The van der Waals surface area contributed by atoms with Gasteiger partial charge in [0.25, 0.3) is 5.91 Å². The van der Waals surface area contributed by atoms with Crippen LogP contribution in [0.1, 0.15) is 48.5 Å². The van der Waals surface area contributed by atoms with Crippen molar-refractivity contribution in [2.45, 2.75) is 44.7 Å². The molecule has 1 heterocycles.